The maximum absolute atomic E-state index is 13.8. The molecule has 0 spiro atoms. The summed E-state index contributed by atoms with van der Waals surface area (Å²) in [7, 11) is 0. The number of hydrogen-bond acceptors (Lipinski definition) is 3. The lowest BCUT2D eigenvalue weighted by Crippen LogP contribution is -2.57. The second-order valence-electron chi connectivity index (χ2n) is 10.3. The minimum Gasteiger partial charge on any atom is -0.352 e. The average Bonchev–Trinajstić information content (AvgIpc) is 3.35. The predicted molar refractivity (Wildman–Crippen MR) is 126 cm³/mol. The van der Waals surface area contributed by atoms with Crippen LogP contribution in [-0.2, 0) is 16.1 Å². The maximum atomic E-state index is 13.8. The number of benzene rings is 1. The summed E-state index contributed by atoms with van der Waals surface area (Å²) in [5.74, 6) is 0.420. The van der Waals surface area contributed by atoms with Crippen LogP contribution >= 0.6 is 0 Å². The van der Waals surface area contributed by atoms with Crippen LogP contribution in [0.1, 0.15) is 76.2 Å². The van der Waals surface area contributed by atoms with Crippen molar-refractivity contribution in [1.29, 1.82) is 0 Å². The molecule has 2 aliphatic carbocycles. The summed E-state index contributed by atoms with van der Waals surface area (Å²) >= 11 is 0. The summed E-state index contributed by atoms with van der Waals surface area (Å²) in [5.41, 5.74) is 1.91. The zero-order valence-electron chi connectivity index (χ0n) is 19.2. The first-order valence-electron chi connectivity index (χ1n) is 12.8. The Balaban J connectivity index is 1.24. The summed E-state index contributed by atoms with van der Waals surface area (Å²) in [6.45, 7) is 3.02. The Kier molecular flexibility index (Phi) is 6.36. The van der Waals surface area contributed by atoms with Gasteiger partial charge in [0.15, 0.2) is 0 Å². The molecule has 4 aliphatic rings. The van der Waals surface area contributed by atoms with Crippen molar-refractivity contribution in [3.63, 3.8) is 0 Å². The molecule has 0 aromatic heterocycles. The molecule has 32 heavy (non-hydrogen) atoms. The van der Waals surface area contributed by atoms with Crippen LogP contribution in [0.2, 0.25) is 0 Å². The monoisotopic (exact) mass is 435 g/mol. The zero-order valence-corrected chi connectivity index (χ0v) is 19.2. The van der Waals surface area contributed by atoms with Crippen LogP contribution in [-0.4, -0.2) is 46.8 Å². The van der Waals surface area contributed by atoms with Crippen LogP contribution in [0, 0.1) is 5.41 Å². The fourth-order valence-electron chi connectivity index (χ4n) is 6.43. The van der Waals surface area contributed by atoms with Gasteiger partial charge >= 0.3 is 0 Å². The molecule has 1 aromatic rings. The van der Waals surface area contributed by atoms with Crippen LogP contribution in [0.4, 0.5) is 0 Å². The van der Waals surface area contributed by atoms with E-state index in [0.29, 0.717) is 18.9 Å². The minimum absolute atomic E-state index is 0.181. The number of carbonyl (C=O) groups excluding carboxylic acids is 2. The van der Waals surface area contributed by atoms with Gasteiger partial charge in [-0.05, 0) is 56.9 Å². The number of nitrogens with one attached hydrogen (secondary N) is 1. The molecule has 0 bridgehead atoms. The molecular formula is C27H37N3O2. The van der Waals surface area contributed by atoms with Crippen LogP contribution in [0.5, 0.6) is 0 Å². The topological polar surface area (TPSA) is 52.7 Å². The second-order valence-corrected chi connectivity index (χ2v) is 10.3. The van der Waals surface area contributed by atoms with Crippen LogP contribution < -0.4 is 5.32 Å². The van der Waals surface area contributed by atoms with Crippen LogP contribution in [0.15, 0.2) is 42.1 Å². The third kappa shape index (κ3) is 4.24. The van der Waals surface area contributed by atoms with E-state index in [1.54, 1.807) is 0 Å². The second kappa shape index (κ2) is 9.38. The average molecular weight is 436 g/mol. The number of fused-ring (bicyclic) bond motifs is 1. The number of allylic oxidation sites excluding steroid dienone is 1. The van der Waals surface area contributed by atoms with E-state index in [1.165, 1.54) is 18.4 Å². The molecular weight excluding hydrogens is 398 g/mol. The number of rotatable bonds is 5. The van der Waals surface area contributed by atoms with Crippen molar-refractivity contribution in [3.8, 4) is 0 Å². The van der Waals surface area contributed by atoms with Gasteiger partial charge in [-0.2, -0.15) is 0 Å². The van der Waals surface area contributed by atoms with Gasteiger partial charge in [0.05, 0.1) is 5.41 Å². The predicted octanol–water partition coefficient (Wildman–Crippen LogP) is 4.39. The molecule has 1 N–H and O–H groups in total. The maximum Gasteiger partial charge on any atom is 0.232 e. The van der Waals surface area contributed by atoms with Gasteiger partial charge in [0.25, 0.3) is 0 Å². The molecule has 3 fully saturated rings. The molecule has 2 heterocycles. The van der Waals surface area contributed by atoms with Crippen molar-refractivity contribution >= 4 is 11.8 Å². The van der Waals surface area contributed by atoms with Crippen molar-refractivity contribution in [2.45, 2.75) is 89.3 Å². The van der Waals surface area contributed by atoms with Gasteiger partial charge in [-0.3, -0.25) is 14.5 Å². The Morgan fingerprint density at radius 1 is 1.00 bits per heavy atom. The molecule has 5 rings (SSSR count). The van der Waals surface area contributed by atoms with Crippen molar-refractivity contribution in [1.82, 2.24) is 15.1 Å². The van der Waals surface area contributed by atoms with E-state index in [4.69, 9.17) is 0 Å². The summed E-state index contributed by atoms with van der Waals surface area (Å²) in [5, 5.41) is 3.44. The SMILES string of the molecule is O=C1CCC2(C(=O)NC3CCN(Cc4ccccc4)CC3)CCCC=C2N1C1CCCC1. The lowest BCUT2D eigenvalue weighted by atomic mass is 9.68. The number of likely N-dealkylation sites (tertiary alicyclic amines) is 2. The summed E-state index contributed by atoms with van der Waals surface area (Å²) in [4.78, 5) is 31.2. The quantitative estimate of drug-likeness (QED) is 0.746. The van der Waals surface area contributed by atoms with Crippen molar-refractivity contribution in [2.75, 3.05) is 13.1 Å². The molecule has 5 nitrogen and oxygen atoms in total. The molecule has 2 saturated heterocycles. The molecule has 172 valence electrons. The first kappa shape index (κ1) is 21.7. The van der Waals surface area contributed by atoms with E-state index in [2.05, 4.69) is 51.5 Å². The smallest absolute Gasteiger partial charge is 0.232 e. The van der Waals surface area contributed by atoms with E-state index in [9.17, 15) is 9.59 Å². The molecule has 1 unspecified atom stereocenters. The molecule has 0 radical (unpaired) electrons. The highest BCUT2D eigenvalue weighted by Crippen LogP contribution is 2.49. The van der Waals surface area contributed by atoms with Gasteiger partial charge in [-0.25, -0.2) is 0 Å². The van der Waals surface area contributed by atoms with Gasteiger partial charge in [0, 0.05) is 43.8 Å². The van der Waals surface area contributed by atoms with Crippen molar-refractivity contribution in [2.24, 2.45) is 5.41 Å². The van der Waals surface area contributed by atoms with Gasteiger partial charge in [-0.15, -0.1) is 0 Å². The minimum atomic E-state index is -0.490. The molecule has 2 aliphatic heterocycles. The highest BCUT2D eigenvalue weighted by Gasteiger charge is 2.51. The number of nitrogens with zero attached hydrogens (tertiary/aromatic N) is 2. The third-order valence-electron chi connectivity index (χ3n) is 8.23. The van der Waals surface area contributed by atoms with E-state index < -0.39 is 5.41 Å². The Hall–Kier alpha value is -2.14. The van der Waals surface area contributed by atoms with Gasteiger partial charge in [0.1, 0.15) is 0 Å². The van der Waals surface area contributed by atoms with Crippen molar-refractivity contribution < 1.29 is 9.59 Å². The molecule has 1 atom stereocenters. The Morgan fingerprint density at radius 2 is 1.75 bits per heavy atom. The summed E-state index contributed by atoms with van der Waals surface area (Å²) in [6, 6.07) is 11.2. The van der Waals surface area contributed by atoms with E-state index >= 15 is 0 Å². The number of hydrogen-bond donors (Lipinski definition) is 1. The number of piperidine rings is 2. The Labute approximate surface area is 192 Å². The highest BCUT2D eigenvalue weighted by molar-refractivity contribution is 5.91. The Morgan fingerprint density at radius 3 is 2.50 bits per heavy atom. The number of carbonyl (C=O) groups is 2. The molecule has 1 saturated carbocycles. The largest absolute Gasteiger partial charge is 0.352 e. The fraction of sp³-hybridized carbons (Fsp3) is 0.630. The highest BCUT2D eigenvalue weighted by atomic mass is 16.2. The van der Waals surface area contributed by atoms with Crippen LogP contribution in [0.3, 0.4) is 0 Å². The first-order chi connectivity index (χ1) is 15.7. The van der Waals surface area contributed by atoms with E-state index in [-0.39, 0.29) is 17.9 Å². The van der Waals surface area contributed by atoms with Gasteiger partial charge in [0.2, 0.25) is 11.8 Å². The fourth-order valence-corrected chi connectivity index (χ4v) is 6.43. The van der Waals surface area contributed by atoms with Gasteiger partial charge < -0.3 is 10.2 Å². The molecule has 1 aromatic carbocycles. The molecule has 2 amide bonds. The lowest BCUT2D eigenvalue weighted by molar-refractivity contribution is -0.142. The Bertz CT molecular complexity index is 853. The normalized spacial score (nSPS) is 27.8. The summed E-state index contributed by atoms with van der Waals surface area (Å²) in [6.07, 6.45) is 12.9. The number of amides is 2. The van der Waals surface area contributed by atoms with Crippen molar-refractivity contribution in [3.05, 3.63) is 47.7 Å². The summed E-state index contributed by atoms with van der Waals surface area (Å²) < 4.78 is 0. The van der Waals surface area contributed by atoms with Gasteiger partial charge in [-0.1, -0.05) is 49.2 Å². The van der Waals surface area contributed by atoms with E-state index in [1.807, 2.05) is 0 Å². The zero-order chi connectivity index (χ0) is 22.0. The molecule has 5 heteroatoms. The van der Waals surface area contributed by atoms with E-state index in [0.717, 1.165) is 70.3 Å². The first-order valence-corrected chi connectivity index (χ1v) is 12.8. The van der Waals surface area contributed by atoms with Crippen LogP contribution in [0.25, 0.3) is 0 Å². The standard InChI is InChI=1S/C27H37N3O2/c31-25-13-17-27(16-7-6-12-24(27)30(25)23-10-4-5-11-23)26(32)28-22-14-18-29(19-15-22)20-21-8-2-1-3-9-21/h1-3,8-9,12,22-23H,4-7,10-11,13-20H2,(H,28,32). The lowest BCUT2D eigenvalue weighted by Gasteiger charge is -2.48. The third-order valence-corrected chi connectivity index (χ3v) is 8.23.